The number of fused-ring (bicyclic) bond motifs is 1. The standard InChI is InChI=1S/C17H16N6/c1-3-14(17-15(4-1)12-20-22-17)11-18-9-13-5-6-16(19-10-13)23-8-2-7-21-23/h1-8,10,12,18H,9,11H2,(H,20,22). The largest absolute Gasteiger partial charge is 0.308 e. The second kappa shape index (κ2) is 6.02. The first-order chi connectivity index (χ1) is 11.4. The van der Waals surface area contributed by atoms with Gasteiger partial charge in [0.05, 0.1) is 11.7 Å². The van der Waals surface area contributed by atoms with Crippen LogP contribution in [0, 0.1) is 0 Å². The number of para-hydroxylation sites is 1. The first-order valence-electron chi connectivity index (χ1n) is 7.47. The first kappa shape index (κ1) is 13.7. The lowest BCUT2D eigenvalue weighted by Gasteiger charge is -2.07. The molecule has 0 atom stereocenters. The lowest BCUT2D eigenvalue weighted by molar-refractivity contribution is 0.692. The van der Waals surface area contributed by atoms with Crippen molar-refractivity contribution in [1.82, 2.24) is 30.3 Å². The minimum Gasteiger partial charge on any atom is -0.308 e. The summed E-state index contributed by atoms with van der Waals surface area (Å²) >= 11 is 0. The minimum absolute atomic E-state index is 0.761. The Morgan fingerprint density at radius 1 is 1.04 bits per heavy atom. The maximum Gasteiger partial charge on any atom is 0.153 e. The zero-order valence-electron chi connectivity index (χ0n) is 12.5. The second-order valence-corrected chi connectivity index (χ2v) is 5.33. The van der Waals surface area contributed by atoms with Gasteiger partial charge < -0.3 is 5.32 Å². The van der Waals surface area contributed by atoms with Gasteiger partial charge in [-0.2, -0.15) is 10.2 Å². The van der Waals surface area contributed by atoms with Gasteiger partial charge in [0, 0.05) is 37.1 Å². The second-order valence-electron chi connectivity index (χ2n) is 5.33. The van der Waals surface area contributed by atoms with E-state index >= 15 is 0 Å². The van der Waals surface area contributed by atoms with Gasteiger partial charge in [0.15, 0.2) is 5.82 Å². The molecule has 0 fully saturated rings. The van der Waals surface area contributed by atoms with Crippen molar-refractivity contribution in [3.05, 3.63) is 72.3 Å². The van der Waals surface area contributed by atoms with E-state index in [1.165, 1.54) is 5.56 Å². The van der Waals surface area contributed by atoms with Gasteiger partial charge in [-0.1, -0.05) is 24.3 Å². The predicted octanol–water partition coefficient (Wildman–Crippen LogP) is 2.43. The SMILES string of the molecule is c1cc(CNCc2ccc(-n3cccn3)nc2)c2[nH]ncc2c1. The summed E-state index contributed by atoms with van der Waals surface area (Å²) < 4.78 is 1.75. The van der Waals surface area contributed by atoms with Gasteiger partial charge in [-0.3, -0.25) is 5.10 Å². The van der Waals surface area contributed by atoms with Gasteiger partial charge in [0.2, 0.25) is 0 Å². The fourth-order valence-electron chi connectivity index (χ4n) is 2.58. The fourth-order valence-corrected chi connectivity index (χ4v) is 2.58. The van der Waals surface area contributed by atoms with E-state index in [2.05, 4.69) is 49.9 Å². The molecule has 114 valence electrons. The molecular weight excluding hydrogens is 288 g/mol. The lowest BCUT2D eigenvalue weighted by Crippen LogP contribution is -2.13. The highest BCUT2D eigenvalue weighted by Crippen LogP contribution is 2.15. The van der Waals surface area contributed by atoms with Crippen LogP contribution < -0.4 is 5.32 Å². The zero-order valence-corrected chi connectivity index (χ0v) is 12.5. The highest BCUT2D eigenvalue weighted by atomic mass is 15.3. The van der Waals surface area contributed by atoms with Crippen LogP contribution in [0.4, 0.5) is 0 Å². The van der Waals surface area contributed by atoms with Crippen molar-refractivity contribution in [2.24, 2.45) is 0 Å². The molecular formula is C17H16N6. The number of aromatic nitrogens is 5. The number of H-pyrrole nitrogens is 1. The van der Waals surface area contributed by atoms with E-state index in [4.69, 9.17) is 0 Å². The van der Waals surface area contributed by atoms with Crippen LogP contribution in [0.25, 0.3) is 16.7 Å². The van der Waals surface area contributed by atoms with E-state index in [1.54, 1.807) is 10.9 Å². The summed E-state index contributed by atoms with van der Waals surface area (Å²) in [7, 11) is 0. The average molecular weight is 304 g/mol. The monoisotopic (exact) mass is 304 g/mol. The number of rotatable bonds is 5. The van der Waals surface area contributed by atoms with Crippen molar-refractivity contribution in [3.8, 4) is 5.82 Å². The molecule has 0 saturated heterocycles. The number of benzene rings is 1. The van der Waals surface area contributed by atoms with Gasteiger partial charge in [-0.05, 0) is 23.3 Å². The molecule has 1 aromatic carbocycles. The average Bonchev–Trinajstić information content (AvgIpc) is 3.27. The summed E-state index contributed by atoms with van der Waals surface area (Å²) in [6.07, 6.45) is 7.34. The summed E-state index contributed by atoms with van der Waals surface area (Å²) in [5.41, 5.74) is 3.44. The van der Waals surface area contributed by atoms with Crippen molar-refractivity contribution in [2.45, 2.75) is 13.1 Å². The quantitative estimate of drug-likeness (QED) is 0.594. The van der Waals surface area contributed by atoms with Crippen LogP contribution in [0.5, 0.6) is 0 Å². The van der Waals surface area contributed by atoms with Crippen molar-refractivity contribution in [2.75, 3.05) is 0 Å². The third-order valence-electron chi connectivity index (χ3n) is 3.76. The molecule has 0 saturated carbocycles. The van der Waals surface area contributed by atoms with Gasteiger partial charge in [0.1, 0.15) is 0 Å². The van der Waals surface area contributed by atoms with Crippen LogP contribution in [0.15, 0.2) is 61.2 Å². The maximum atomic E-state index is 4.43. The normalized spacial score (nSPS) is 11.1. The topological polar surface area (TPSA) is 71.4 Å². The Morgan fingerprint density at radius 2 is 2.04 bits per heavy atom. The number of nitrogens with zero attached hydrogens (tertiary/aromatic N) is 4. The molecule has 0 unspecified atom stereocenters. The Morgan fingerprint density at radius 3 is 2.87 bits per heavy atom. The fraction of sp³-hybridized carbons (Fsp3) is 0.118. The Kier molecular flexibility index (Phi) is 3.57. The lowest BCUT2D eigenvalue weighted by atomic mass is 10.1. The molecule has 0 aliphatic heterocycles. The number of pyridine rings is 1. The predicted molar refractivity (Wildman–Crippen MR) is 88.0 cm³/mol. The summed E-state index contributed by atoms with van der Waals surface area (Å²) in [6, 6.07) is 12.1. The Bertz CT molecular complexity index is 892. The molecule has 0 radical (unpaired) electrons. The third kappa shape index (κ3) is 2.84. The van der Waals surface area contributed by atoms with Crippen molar-refractivity contribution in [1.29, 1.82) is 0 Å². The van der Waals surface area contributed by atoms with Gasteiger partial charge in [-0.15, -0.1) is 0 Å². The van der Waals surface area contributed by atoms with E-state index < -0.39 is 0 Å². The summed E-state index contributed by atoms with van der Waals surface area (Å²) in [6.45, 7) is 1.54. The van der Waals surface area contributed by atoms with Gasteiger partial charge in [0.25, 0.3) is 0 Å². The van der Waals surface area contributed by atoms with Crippen LogP contribution in [0.3, 0.4) is 0 Å². The van der Waals surface area contributed by atoms with E-state index in [-0.39, 0.29) is 0 Å². The molecule has 3 heterocycles. The van der Waals surface area contributed by atoms with Crippen LogP contribution in [0.2, 0.25) is 0 Å². The molecule has 4 rings (SSSR count). The van der Waals surface area contributed by atoms with Crippen LogP contribution in [0.1, 0.15) is 11.1 Å². The summed E-state index contributed by atoms with van der Waals surface area (Å²) in [5, 5.41) is 15.9. The van der Waals surface area contributed by atoms with Gasteiger partial charge in [-0.25, -0.2) is 9.67 Å². The minimum atomic E-state index is 0.761. The summed E-state index contributed by atoms with van der Waals surface area (Å²) in [5.74, 6) is 0.820. The van der Waals surface area contributed by atoms with E-state index in [1.807, 2.05) is 30.7 Å². The number of nitrogens with one attached hydrogen (secondary N) is 2. The van der Waals surface area contributed by atoms with Crippen LogP contribution >= 0.6 is 0 Å². The smallest absolute Gasteiger partial charge is 0.153 e. The van der Waals surface area contributed by atoms with E-state index in [0.29, 0.717) is 0 Å². The number of aromatic amines is 1. The molecule has 4 aromatic rings. The molecule has 2 N–H and O–H groups in total. The Balaban J connectivity index is 1.40. The molecule has 0 amide bonds. The number of hydrogen-bond donors (Lipinski definition) is 2. The highest BCUT2D eigenvalue weighted by molar-refractivity contribution is 5.81. The van der Waals surface area contributed by atoms with Crippen LogP contribution in [-0.4, -0.2) is 25.0 Å². The Hall–Kier alpha value is -2.99. The number of hydrogen-bond acceptors (Lipinski definition) is 4. The highest BCUT2D eigenvalue weighted by Gasteiger charge is 2.03. The zero-order chi connectivity index (χ0) is 15.5. The Labute approximate surface area is 133 Å². The maximum absolute atomic E-state index is 4.43. The molecule has 0 bridgehead atoms. The summed E-state index contributed by atoms with van der Waals surface area (Å²) in [4.78, 5) is 4.43. The van der Waals surface area contributed by atoms with Crippen molar-refractivity contribution >= 4 is 10.9 Å². The molecule has 6 heteroatoms. The molecule has 0 aliphatic rings. The molecule has 23 heavy (non-hydrogen) atoms. The molecule has 0 aliphatic carbocycles. The first-order valence-corrected chi connectivity index (χ1v) is 7.47. The van der Waals surface area contributed by atoms with Crippen molar-refractivity contribution < 1.29 is 0 Å². The molecule has 3 aromatic heterocycles. The third-order valence-corrected chi connectivity index (χ3v) is 3.76. The van der Waals surface area contributed by atoms with E-state index in [9.17, 15) is 0 Å². The van der Waals surface area contributed by atoms with Gasteiger partial charge >= 0.3 is 0 Å². The van der Waals surface area contributed by atoms with Crippen LogP contribution in [-0.2, 0) is 13.1 Å². The molecule has 6 nitrogen and oxygen atoms in total. The van der Waals surface area contributed by atoms with Crippen molar-refractivity contribution in [3.63, 3.8) is 0 Å². The molecule has 0 spiro atoms. The van der Waals surface area contributed by atoms with E-state index in [0.717, 1.165) is 35.4 Å².